The number of rotatable bonds is 12. The smallest absolute Gasteiger partial charge is 0.407 e. The van der Waals surface area contributed by atoms with Gasteiger partial charge in [0.05, 0.1) is 13.0 Å². The summed E-state index contributed by atoms with van der Waals surface area (Å²) < 4.78 is 10.2. The lowest BCUT2D eigenvalue weighted by Gasteiger charge is -2.20. The van der Waals surface area contributed by atoms with Crippen LogP contribution in [0.4, 0.5) is 10.5 Å². The van der Waals surface area contributed by atoms with E-state index in [4.69, 9.17) is 14.6 Å². The quantitative estimate of drug-likeness (QED) is 0.263. The van der Waals surface area contributed by atoms with Gasteiger partial charge in [0.1, 0.15) is 12.2 Å². The van der Waals surface area contributed by atoms with Gasteiger partial charge in [0, 0.05) is 18.2 Å². The number of amides is 2. The Bertz CT molecular complexity index is 725. The number of carbonyl (C=O) groups excluding carboxylic acids is 3. The van der Waals surface area contributed by atoms with Crippen LogP contribution in [0.5, 0.6) is 0 Å². The molecule has 3 N–H and O–H groups in total. The number of aliphatic hydroxyl groups excluding tert-OH is 1. The Morgan fingerprint density at radius 3 is 2.42 bits per heavy atom. The van der Waals surface area contributed by atoms with E-state index in [1.54, 1.807) is 45.0 Å². The summed E-state index contributed by atoms with van der Waals surface area (Å²) in [6.45, 7) is 9.30. The third-order valence-corrected chi connectivity index (χ3v) is 4.20. The Kier molecular flexibility index (Phi) is 11.3. The largest absolute Gasteiger partial charge is 0.461 e. The minimum atomic E-state index is -0.573. The molecule has 0 saturated heterocycles. The second-order valence-electron chi connectivity index (χ2n) is 8.14. The van der Waals surface area contributed by atoms with E-state index in [2.05, 4.69) is 17.2 Å². The van der Waals surface area contributed by atoms with Gasteiger partial charge in [0.2, 0.25) is 5.91 Å². The fourth-order valence-corrected chi connectivity index (χ4v) is 2.70. The number of hydrogen-bond acceptors (Lipinski definition) is 6. The molecule has 8 nitrogen and oxygen atoms in total. The zero-order chi connectivity index (χ0) is 23.3. The Balaban J connectivity index is 2.57. The number of esters is 1. The van der Waals surface area contributed by atoms with Gasteiger partial charge in [-0.3, -0.25) is 9.59 Å². The summed E-state index contributed by atoms with van der Waals surface area (Å²) in [4.78, 5) is 36.4. The third kappa shape index (κ3) is 11.8. The fourth-order valence-electron chi connectivity index (χ4n) is 2.70. The summed E-state index contributed by atoms with van der Waals surface area (Å²) in [5, 5.41) is 14.6. The zero-order valence-corrected chi connectivity index (χ0v) is 18.6. The minimum Gasteiger partial charge on any atom is -0.461 e. The predicted octanol–water partition coefficient (Wildman–Crippen LogP) is 3.55. The van der Waals surface area contributed by atoms with Gasteiger partial charge in [-0.15, -0.1) is 0 Å². The molecule has 1 aromatic rings. The molecule has 0 spiro atoms. The minimum absolute atomic E-state index is 0.0477. The zero-order valence-electron chi connectivity index (χ0n) is 18.6. The Hall–Kier alpha value is -2.87. The van der Waals surface area contributed by atoms with Crippen molar-refractivity contribution in [1.82, 2.24) is 5.32 Å². The van der Waals surface area contributed by atoms with Gasteiger partial charge in [-0.25, -0.2) is 4.79 Å². The first-order chi connectivity index (χ1) is 14.6. The first kappa shape index (κ1) is 26.2. The summed E-state index contributed by atoms with van der Waals surface area (Å²) in [5.74, 6) is -1.33. The highest BCUT2D eigenvalue weighted by Crippen LogP contribution is 2.18. The number of benzene rings is 1. The first-order valence-corrected chi connectivity index (χ1v) is 10.4. The lowest BCUT2D eigenvalue weighted by Crippen LogP contribution is -2.33. The summed E-state index contributed by atoms with van der Waals surface area (Å²) in [7, 11) is 0. The van der Waals surface area contributed by atoms with Gasteiger partial charge in [0.15, 0.2) is 0 Å². The van der Waals surface area contributed by atoms with Crippen molar-refractivity contribution in [1.29, 1.82) is 0 Å². The highest BCUT2D eigenvalue weighted by atomic mass is 16.6. The van der Waals surface area contributed by atoms with E-state index in [1.165, 1.54) is 6.08 Å². The number of hydrogen-bond donors (Lipinski definition) is 3. The standard InChI is InChI=1S/C23H34N2O6/c1-5-14-30-20(27)15-18(8-6-7-13-24-22(29)31-23(2,3)4)21(28)25-19-11-9-17(16-26)10-12-19/h5,9-12,18,26H,1,6-8,13-16H2,2-4H3,(H,24,29)(H,25,28). The molecule has 8 heteroatoms. The van der Waals surface area contributed by atoms with Crippen LogP contribution in [0.25, 0.3) is 0 Å². The maximum absolute atomic E-state index is 12.7. The van der Waals surface area contributed by atoms with Crippen molar-refractivity contribution in [2.75, 3.05) is 18.5 Å². The van der Waals surface area contributed by atoms with Gasteiger partial charge in [-0.2, -0.15) is 0 Å². The van der Waals surface area contributed by atoms with Crippen molar-refractivity contribution < 1.29 is 29.0 Å². The number of carbonyl (C=O) groups is 3. The molecule has 0 aliphatic heterocycles. The number of ether oxygens (including phenoxy) is 2. The summed E-state index contributed by atoms with van der Waals surface area (Å²) in [5.41, 5.74) is 0.757. The van der Waals surface area contributed by atoms with E-state index in [0.717, 1.165) is 5.56 Å². The molecule has 0 aliphatic carbocycles. The molecule has 1 atom stereocenters. The predicted molar refractivity (Wildman–Crippen MR) is 118 cm³/mol. The first-order valence-electron chi connectivity index (χ1n) is 10.4. The van der Waals surface area contributed by atoms with Gasteiger partial charge in [-0.1, -0.05) is 31.2 Å². The normalized spacial score (nSPS) is 11.9. The lowest BCUT2D eigenvalue weighted by atomic mass is 9.97. The van der Waals surface area contributed by atoms with E-state index < -0.39 is 23.6 Å². The highest BCUT2D eigenvalue weighted by Gasteiger charge is 2.23. The van der Waals surface area contributed by atoms with Gasteiger partial charge < -0.3 is 25.2 Å². The monoisotopic (exact) mass is 434 g/mol. The maximum Gasteiger partial charge on any atom is 0.407 e. The van der Waals surface area contributed by atoms with E-state index in [-0.39, 0.29) is 25.5 Å². The number of nitrogens with one attached hydrogen (secondary N) is 2. The van der Waals surface area contributed by atoms with Crippen molar-refractivity contribution in [2.24, 2.45) is 5.92 Å². The Labute approximate surface area is 184 Å². The lowest BCUT2D eigenvalue weighted by molar-refractivity contribution is -0.145. The van der Waals surface area contributed by atoms with Crippen LogP contribution in [0.3, 0.4) is 0 Å². The molecule has 1 rings (SSSR count). The van der Waals surface area contributed by atoms with Crippen LogP contribution < -0.4 is 10.6 Å². The second kappa shape index (κ2) is 13.4. The highest BCUT2D eigenvalue weighted by molar-refractivity contribution is 5.94. The molecule has 0 aliphatic rings. The number of unbranched alkanes of at least 4 members (excludes halogenated alkanes) is 1. The molecule has 0 bridgehead atoms. The maximum atomic E-state index is 12.7. The molecule has 0 radical (unpaired) electrons. The Morgan fingerprint density at radius 2 is 1.84 bits per heavy atom. The molecule has 0 heterocycles. The van der Waals surface area contributed by atoms with Gasteiger partial charge in [-0.05, 0) is 51.3 Å². The van der Waals surface area contributed by atoms with Crippen molar-refractivity contribution in [3.8, 4) is 0 Å². The molecule has 31 heavy (non-hydrogen) atoms. The SMILES string of the molecule is C=CCOC(=O)CC(CCCCNC(=O)OC(C)(C)C)C(=O)Nc1ccc(CO)cc1. The van der Waals surface area contributed by atoms with Crippen molar-refractivity contribution in [2.45, 2.75) is 58.7 Å². The molecule has 2 amide bonds. The van der Waals surface area contributed by atoms with Crippen LogP contribution in [0.2, 0.25) is 0 Å². The molecular weight excluding hydrogens is 400 g/mol. The second-order valence-corrected chi connectivity index (χ2v) is 8.14. The molecular formula is C23H34N2O6. The number of aliphatic hydroxyl groups is 1. The molecule has 172 valence electrons. The third-order valence-electron chi connectivity index (χ3n) is 4.20. The average Bonchev–Trinajstić information content (AvgIpc) is 2.70. The van der Waals surface area contributed by atoms with Gasteiger partial charge in [0.25, 0.3) is 0 Å². The summed E-state index contributed by atoms with van der Waals surface area (Å²) in [6.07, 6.45) is 2.66. The fraction of sp³-hybridized carbons (Fsp3) is 0.522. The summed E-state index contributed by atoms with van der Waals surface area (Å²) in [6, 6.07) is 6.82. The van der Waals surface area contributed by atoms with Crippen molar-refractivity contribution in [3.63, 3.8) is 0 Å². The van der Waals surface area contributed by atoms with Crippen LogP contribution in [0.15, 0.2) is 36.9 Å². The van der Waals surface area contributed by atoms with Crippen LogP contribution in [0.1, 0.15) is 52.0 Å². The number of alkyl carbamates (subject to hydrolysis) is 1. The Morgan fingerprint density at radius 1 is 1.16 bits per heavy atom. The van der Waals surface area contributed by atoms with E-state index in [0.29, 0.717) is 31.5 Å². The number of anilines is 1. The average molecular weight is 435 g/mol. The molecule has 1 aromatic carbocycles. The van der Waals surface area contributed by atoms with Crippen LogP contribution in [-0.4, -0.2) is 41.8 Å². The molecule has 0 saturated carbocycles. The van der Waals surface area contributed by atoms with E-state index in [9.17, 15) is 14.4 Å². The van der Waals surface area contributed by atoms with Crippen LogP contribution >= 0.6 is 0 Å². The van der Waals surface area contributed by atoms with Crippen LogP contribution in [-0.2, 0) is 25.7 Å². The van der Waals surface area contributed by atoms with Gasteiger partial charge >= 0.3 is 12.1 Å². The summed E-state index contributed by atoms with van der Waals surface area (Å²) >= 11 is 0. The van der Waals surface area contributed by atoms with E-state index in [1.807, 2.05) is 0 Å². The van der Waals surface area contributed by atoms with Crippen molar-refractivity contribution >= 4 is 23.7 Å². The molecule has 1 unspecified atom stereocenters. The van der Waals surface area contributed by atoms with E-state index >= 15 is 0 Å². The molecule has 0 fully saturated rings. The van der Waals surface area contributed by atoms with Crippen LogP contribution in [0, 0.1) is 5.92 Å². The molecule has 0 aromatic heterocycles. The van der Waals surface area contributed by atoms with Crippen molar-refractivity contribution in [3.05, 3.63) is 42.5 Å². The topological polar surface area (TPSA) is 114 Å².